The number of aliphatic hydroxyl groups is 1. The largest absolute Gasteiger partial charge is 0.462 e. The molecule has 0 aliphatic heterocycles. The van der Waals surface area contributed by atoms with Crippen molar-refractivity contribution in [3.05, 3.63) is 23.2 Å². The van der Waals surface area contributed by atoms with Crippen LogP contribution in [0.2, 0.25) is 0 Å². The summed E-state index contributed by atoms with van der Waals surface area (Å²) in [6.45, 7) is 4.70. The van der Waals surface area contributed by atoms with Crippen LogP contribution in [0.25, 0.3) is 0 Å². The maximum atomic E-state index is 10.5. The fraction of sp³-hybridized carbons (Fsp3) is 0.692. The van der Waals surface area contributed by atoms with Crippen LogP contribution in [-0.2, 0) is 12.0 Å². The monoisotopic (exact) mass is 223 g/mol. The van der Waals surface area contributed by atoms with E-state index in [1.165, 1.54) is 5.56 Å². The van der Waals surface area contributed by atoms with Crippen LogP contribution in [-0.4, -0.2) is 11.7 Å². The number of furan rings is 1. The van der Waals surface area contributed by atoms with Crippen molar-refractivity contribution in [1.29, 1.82) is 0 Å². The van der Waals surface area contributed by atoms with Gasteiger partial charge in [0.15, 0.2) is 0 Å². The van der Waals surface area contributed by atoms with Crippen molar-refractivity contribution in [3.63, 3.8) is 0 Å². The van der Waals surface area contributed by atoms with Gasteiger partial charge in [-0.1, -0.05) is 13.8 Å². The van der Waals surface area contributed by atoms with Crippen molar-refractivity contribution in [2.45, 2.75) is 51.0 Å². The Morgan fingerprint density at radius 3 is 2.94 bits per heavy atom. The van der Waals surface area contributed by atoms with Crippen molar-refractivity contribution in [2.75, 3.05) is 6.54 Å². The molecule has 3 N–H and O–H groups in total. The molecule has 1 aliphatic carbocycles. The van der Waals surface area contributed by atoms with Crippen LogP contribution >= 0.6 is 0 Å². The molecule has 3 nitrogen and oxygen atoms in total. The lowest BCUT2D eigenvalue weighted by Gasteiger charge is -2.30. The molecule has 0 spiro atoms. The molecule has 90 valence electrons. The first-order chi connectivity index (χ1) is 7.57. The molecular formula is C13H21NO2. The molecule has 16 heavy (non-hydrogen) atoms. The molecule has 0 saturated carbocycles. The third-order valence-corrected chi connectivity index (χ3v) is 3.41. The molecular weight excluding hydrogens is 202 g/mol. The smallest absolute Gasteiger partial charge is 0.138 e. The quantitative estimate of drug-likeness (QED) is 0.826. The van der Waals surface area contributed by atoms with Crippen LogP contribution in [0.1, 0.15) is 56.1 Å². The summed E-state index contributed by atoms with van der Waals surface area (Å²) in [5.74, 6) is 2.11. The van der Waals surface area contributed by atoms with Crippen LogP contribution in [0.15, 0.2) is 10.5 Å². The van der Waals surface area contributed by atoms with E-state index in [-0.39, 0.29) is 0 Å². The molecule has 1 heterocycles. The van der Waals surface area contributed by atoms with Gasteiger partial charge in [-0.3, -0.25) is 0 Å². The van der Waals surface area contributed by atoms with E-state index in [1.807, 2.05) is 0 Å². The van der Waals surface area contributed by atoms with E-state index in [9.17, 15) is 5.11 Å². The van der Waals surface area contributed by atoms with Crippen LogP contribution in [0.3, 0.4) is 0 Å². The Bertz CT molecular complexity index is 370. The molecule has 1 aromatic rings. The Balaban J connectivity index is 2.38. The molecule has 3 heteroatoms. The summed E-state index contributed by atoms with van der Waals surface area (Å²) in [7, 11) is 0. The van der Waals surface area contributed by atoms with E-state index in [4.69, 9.17) is 10.2 Å². The van der Waals surface area contributed by atoms with Crippen molar-refractivity contribution in [3.8, 4) is 0 Å². The minimum Gasteiger partial charge on any atom is -0.462 e. The average molecular weight is 223 g/mol. The summed E-state index contributed by atoms with van der Waals surface area (Å²) in [4.78, 5) is 0. The molecule has 0 fully saturated rings. The topological polar surface area (TPSA) is 59.4 Å². The second-order valence-electron chi connectivity index (χ2n) is 5.08. The Morgan fingerprint density at radius 1 is 1.56 bits per heavy atom. The van der Waals surface area contributed by atoms with Gasteiger partial charge in [-0.05, 0) is 43.9 Å². The van der Waals surface area contributed by atoms with E-state index >= 15 is 0 Å². The summed E-state index contributed by atoms with van der Waals surface area (Å²) in [5.41, 5.74) is 5.91. The molecule has 1 aliphatic rings. The highest BCUT2D eigenvalue weighted by atomic mass is 16.4. The summed E-state index contributed by atoms with van der Waals surface area (Å²) in [6.07, 6.45) is 3.38. The fourth-order valence-corrected chi connectivity index (χ4v) is 2.48. The lowest BCUT2D eigenvalue weighted by Crippen LogP contribution is -2.32. The molecule has 1 atom stereocenters. The zero-order valence-corrected chi connectivity index (χ0v) is 10.1. The molecule has 0 radical (unpaired) electrons. The summed E-state index contributed by atoms with van der Waals surface area (Å²) < 4.78 is 5.83. The molecule has 2 rings (SSSR count). The number of nitrogens with two attached hydrogens (primary N) is 1. The van der Waals surface area contributed by atoms with Crippen LogP contribution in [0, 0.1) is 0 Å². The van der Waals surface area contributed by atoms with Crippen molar-refractivity contribution >= 4 is 0 Å². The van der Waals surface area contributed by atoms with Gasteiger partial charge in [0.1, 0.15) is 17.1 Å². The minimum atomic E-state index is -0.824. The normalized spacial score (nSPS) is 24.8. The Hall–Kier alpha value is -0.800. The van der Waals surface area contributed by atoms with Gasteiger partial charge in [-0.2, -0.15) is 0 Å². The van der Waals surface area contributed by atoms with E-state index in [2.05, 4.69) is 19.9 Å². The second-order valence-corrected chi connectivity index (χ2v) is 5.08. The first-order valence-corrected chi connectivity index (χ1v) is 6.12. The van der Waals surface area contributed by atoms with E-state index < -0.39 is 5.60 Å². The van der Waals surface area contributed by atoms with Gasteiger partial charge in [0.05, 0.1) is 0 Å². The summed E-state index contributed by atoms with van der Waals surface area (Å²) in [5, 5.41) is 10.5. The maximum Gasteiger partial charge on any atom is 0.138 e. The SMILES string of the molecule is CC(C)c1cc2c(o1)C(O)(CCN)CCC2. The van der Waals surface area contributed by atoms with Gasteiger partial charge in [0.25, 0.3) is 0 Å². The highest BCUT2D eigenvalue weighted by molar-refractivity contribution is 5.30. The minimum absolute atomic E-state index is 0.368. The Morgan fingerprint density at radius 2 is 2.31 bits per heavy atom. The summed E-state index contributed by atoms with van der Waals surface area (Å²) >= 11 is 0. The van der Waals surface area contributed by atoms with Crippen molar-refractivity contribution < 1.29 is 9.52 Å². The third-order valence-electron chi connectivity index (χ3n) is 3.41. The molecule has 0 amide bonds. The average Bonchev–Trinajstić information content (AvgIpc) is 2.63. The first-order valence-electron chi connectivity index (χ1n) is 6.12. The van der Waals surface area contributed by atoms with Crippen molar-refractivity contribution in [2.24, 2.45) is 5.73 Å². The molecule has 0 bridgehead atoms. The second kappa shape index (κ2) is 4.22. The Kier molecular flexibility index (Phi) is 3.08. The van der Waals surface area contributed by atoms with E-state index in [1.54, 1.807) is 0 Å². The number of rotatable bonds is 3. The summed E-state index contributed by atoms with van der Waals surface area (Å²) in [6, 6.07) is 2.10. The molecule has 1 unspecified atom stereocenters. The third kappa shape index (κ3) is 1.89. The van der Waals surface area contributed by atoms with Crippen molar-refractivity contribution in [1.82, 2.24) is 0 Å². The van der Waals surface area contributed by atoms with Gasteiger partial charge >= 0.3 is 0 Å². The van der Waals surface area contributed by atoms with Crippen LogP contribution in [0.4, 0.5) is 0 Å². The number of hydrogen-bond donors (Lipinski definition) is 2. The number of fused-ring (bicyclic) bond motifs is 1. The molecule has 1 aromatic heterocycles. The van der Waals surface area contributed by atoms with E-state index in [0.29, 0.717) is 18.9 Å². The predicted octanol–water partition coefficient (Wildman–Crippen LogP) is 2.28. The van der Waals surface area contributed by atoms with Gasteiger partial charge in [-0.25, -0.2) is 0 Å². The highest BCUT2D eigenvalue weighted by Gasteiger charge is 2.37. The van der Waals surface area contributed by atoms with Crippen LogP contribution in [0.5, 0.6) is 0 Å². The lowest BCUT2D eigenvalue weighted by atomic mass is 9.82. The lowest BCUT2D eigenvalue weighted by molar-refractivity contribution is -0.00965. The van der Waals surface area contributed by atoms with Gasteiger partial charge in [-0.15, -0.1) is 0 Å². The first kappa shape index (κ1) is 11.7. The van der Waals surface area contributed by atoms with E-state index in [0.717, 1.165) is 30.8 Å². The zero-order chi connectivity index (χ0) is 11.8. The fourth-order valence-electron chi connectivity index (χ4n) is 2.48. The number of hydrogen-bond acceptors (Lipinski definition) is 3. The van der Waals surface area contributed by atoms with Gasteiger partial charge in [0.2, 0.25) is 0 Å². The zero-order valence-electron chi connectivity index (χ0n) is 10.1. The van der Waals surface area contributed by atoms with Crippen LogP contribution < -0.4 is 5.73 Å². The maximum absolute atomic E-state index is 10.5. The molecule has 0 saturated heterocycles. The Labute approximate surface area is 96.6 Å². The molecule has 0 aromatic carbocycles. The predicted molar refractivity (Wildman–Crippen MR) is 63.3 cm³/mol. The standard InChI is InChI=1S/C13H21NO2/c1-9(2)11-8-10-4-3-5-13(15,6-7-14)12(10)16-11/h8-9,15H,3-7,14H2,1-2H3. The van der Waals surface area contributed by atoms with Gasteiger partial charge in [0, 0.05) is 5.92 Å². The number of aryl methyl sites for hydroxylation is 1. The van der Waals surface area contributed by atoms with Gasteiger partial charge < -0.3 is 15.3 Å². The highest BCUT2D eigenvalue weighted by Crippen LogP contribution is 2.40.